The Balaban J connectivity index is 2.11. The molecule has 2 rings (SSSR count). The molecule has 1 atom stereocenters. The normalized spacial score (nSPS) is 19.9. The molecular weight excluding hydrogens is 301 g/mol. The largest absolute Gasteiger partial charge is 0.486 e. The van der Waals surface area contributed by atoms with Crippen molar-refractivity contribution in [2.24, 2.45) is 5.92 Å². The lowest BCUT2D eigenvalue weighted by Crippen LogP contribution is -2.34. The molecule has 0 bridgehead atoms. The number of rotatable bonds is 4. The fourth-order valence-electron chi connectivity index (χ4n) is 2.58. The highest BCUT2D eigenvalue weighted by Crippen LogP contribution is 2.36. The van der Waals surface area contributed by atoms with Gasteiger partial charge in [0.2, 0.25) is 0 Å². The first kappa shape index (κ1) is 16.5. The van der Waals surface area contributed by atoms with Gasteiger partial charge < -0.3 is 9.64 Å². The first-order valence-corrected chi connectivity index (χ1v) is 6.94. The van der Waals surface area contributed by atoms with Gasteiger partial charge in [-0.3, -0.25) is 10.1 Å². The summed E-state index contributed by atoms with van der Waals surface area (Å²) in [6.45, 7) is 2.07. The monoisotopic (exact) mass is 318 g/mol. The number of halogens is 3. The Morgan fingerprint density at radius 1 is 1.45 bits per heavy atom. The van der Waals surface area contributed by atoms with Crippen LogP contribution in [0.1, 0.15) is 18.4 Å². The second-order valence-corrected chi connectivity index (χ2v) is 5.52. The third-order valence-corrected chi connectivity index (χ3v) is 3.68. The molecule has 1 heterocycles. The summed E-state index contributed by atoms with van der Waals surface area (Å²) in [7, 11) is 1.98. The van der Waals surface area contributed by atoms with Gasteiger partial charge in [-0.1, -0.05) is 0 Å². The Labute approximate surface area is 125 Å². The molecule has 8 heteroatoms. The van der Waals surface area contributed by atoms with Crippen LogP contribution in [0.15, 0.2) is 18.2 Å². The molecule has 1 unspecified atom stereocenters. The van der Waals surface area contributed by atoms with Crippen LogP contribution in [0.5, 0.6) is 5.75 Å². The van der Waals surface area contributed by atoms with Crippen LogP contribution >= 0.6 is 0 Å². The van der Waals surface area contributed by atoms with Gasteiger partial charge in [0.1, 0.15) is 0 Å². The summed E-state index contributed by atoms with van der Waals surface area (Å²) in [5, 5.41) is 11.0. The Morgan fingerprint density at radius 3 is 2.77 bits per heavy atom. The van der Waals surface area contributed by atoms with Crippen LogP contribution in [0.25, 0.3) is 0 Å². The maximum absolute atomic E-state index is 12.6. The molecular formula is C14H17F3N2O3. The molecule has 122 valence electrons. The zero-order valence-corrected chi connectivity index (χ0v) is 12.1. The molecule has 1 fully saturated rings. The molecule has 1 aliphatic heterocycles. The second kappa shape index (κ2) is 6.51. The number of hydrogen-bond donors (Lipinski definition) is 0. The molecule has 0 aromatic heterocycles. The van der Waals surface area contributed by atoms with E-state index in [4.69, 9.17) is 4.74 Å². The fourth-order valence-corrected chi connectivity index (χ4v) is 2.58. The average molecular weight is 318 g/mol. The number of piperidine rings is 1. The topological polar surface area (TPSA) is 55.6 Å². The molecule has 1 aromatic carbocycles. The summed E-state index contributed by atoms with van der Waals surface area (Å²) in [4.78, 5) is 12.2. The zero-order valence-electron chi connectivity index (χ0n) is 12.1. The molecule has 1 aliphatic rings. The number of likely N-dealkylation sites (tertiary alicyclic amines) is 1. The van der Waals surface area contributed by atoms with E-state index in [-0.39, 0.29) is 18.3 Å². The molecule has 0 saturated carbocycles. The van der Waals surface area contributed by atoms with E-state index >= 15 is 0 Å². The number of benzene rings is 1. The van der Waals surface area contributed by atoms with Crippen molar-refractivity contribution in [3.63, 3.8) is 0 Å². The summed E-state index contributed by atoms with van der Waals surface area (Å²) in [6, 6.07) is 2.34. The number of nitrogens with zero attached hydrogens (tertiary/aromatic N) is 2. The van der Waals surface area contributed by atoms with Crippen molar-refractivity contribution in [2.75, 3.05) is 26.7 Å². The van der Waals surface area contributed by atoms with Gasteiger partial charge in [0.15, 0.2) is 5.75 Å². The first-order valence-electron chi connectivity index (χ1n) is 6.94. The number of ether oxygens (including phenoxy) is 1. The predicted octanol–water partition coefficient (Wildman–Crippen LogP) is 3.33. The number of nitro groups is 1. The Hall–Kier alpha value is -1.83. The third-order valence-electron chi connectivity index (χ3n) is 3.68. The lowest BCUT2D eigenvalue weighted by atomic mass is 9.99. The average Bonchev–Trinajstić information content (AvgIpc) is 2.44. The molecule has 0 amide bonds. The molecule has 22 heavy (non-hydrogen) atoms. The summed E-state index contributed by atoms with van der Waals surface area (Å²) in [5.74, 6) is 0.104. The van der Waals surface area contributed by atoms with Crippen molar-refractivity contribution in [3.8, 4) is 5.75 Å². The van der Waals surface area contributed by atoms with Crippen LogP contribution in [-0.2, 0) is 6.18 Å². The van der Waals surface area contributed by atoms with E-state index in [2.05, 4.69) is 4.90 Å². The summed E-state index contributed by atoms with van der Waals surface area (Å²) in [5.41, 5.74) is -1.71. The highest BCUT2D eigenvalue weighted by molar-refractivity contribution is 5.49. The Bertz CT molecular complexity index is 549. The van der Waals surface area contributed by atoms with Gasteiger partial charge in [0.05, 0.1) is 17.1 Å². The van der Waals surface area contributed by atoms with Gasteiger partial charge in [0, 0.05) is 18.5 Å². The maximum Gasteiger partial charge on any atom is 0.416 e. The van der Waals surface area contributed by atoms with E-state index in [0.29, 0.717) is 6.07 Å². The highest BCUT2D eigenvalue weighted by atomic mass is 19.4. The second-order valence-electron chi connectivity index (χ2n) is 5.52. The van der Waals surface area contributed by atoms with E-state index in [1.165, 1.54) is 0 Å². The van der Waals surface area contributed by atoms with Gasteiger partial charge in [-0.05, 0) is 38.6 Å². The standard InChI is InChI=1S/C14H17F3N2O3/c1-18-6-2-3-10(8-18)9-22-13-5-4-11(14(15,16)17)7-12(13)19(20)21/h4-5,7,10H,2-3,6,8-9H2,1H3. The van der Waals surface area contributed by atoms with Gasteiger partial charge in [-0.2, -0.15) is 13.2 Å². The minimum Gasteiger partial charge on any atom is -0.486 e. The van der Waals surface area contributed by atoms with E-state index in [9.17, 15) is 23.3 Å². The van der Waals surface area contributed by atoms with Crippen molar-refractivity contribution >= 4 is 5.69 Å². The molecule has 0 N–H and O–H groups in total. The van der Waals surface area contributed by atoms with Crippen LogP contribution in [0.4, 0.5) is 18.9 Å². The van der Waals surface area contributed by atoms with E-state index in [0.717, 1.165) is 38.1 Å². The SMILES string of the molecule is CN1CCCC(COc2ccc(C(F)(F)F)cc2[N+](=O)[O-])C1. The summed E-state index contributed by atoms with van der Waals surface area (Å²) >= 11 is 0. The smallest absolute Gasteiger partial charge is 0.416 e. The minimum absolute atomic E-state index is 0.119. The number of nitro benzene ring substituents is 1. The Kier molecular flexibility index (Phi) is 4.90. The lowest BCUT2D eigenvalue weighted by molar-refractivity contribution is -0.386. The first-order chi connectivity index (χ1) is 10.3. The molecule has 1 saturated heterocycles. The van der Waals surface area contributed by atoms with Crippen molar-refractivity contribution in [1.29, 1.82) is 0 Å². The Morgan fingerprint density at radius 2 is 2.18 bits per heavy atom. The van der Waals surface area contributed by atoms with E-state index < -0.39 is 22.4 Å². The van der Waals surface area contributed by atoms with Gasteiger partial charge in [-0.25, -0.2) is 0 Å². The fraction of sp³-hybridized carbons (Fsp3) is 0.571. The van der Waals surface area contributed by atoms with Crippen LogP contribution in [0, 0.1) is 16.0 Å². The molecule has 0 spiro atoms. The van der Waals surface area contributed by atoms with Gasteiger partial charge >= 0.3 is 11.9 Å². The zero-order chi connectivity index (χ0) is 16.3. The van der Waals surface area contributed by atoms with Crippen molar-refractivity contribution < 1.29 is 22.8 Å². The predicted molar refractivity (Wildman–Crippen MR) is 73.8 cm³/mol. The van der Waals surface area contributed by atoms with Crippen LogP contribution in [0.2, 0.25) is 0 Å². The minimum atomic E-state index is -4.62. The lowest BCUT2D eigenvalue weighted by Gasteiger charge is -2.29. The van der Waals surface area contributed by atoms with Crippen molar-refractivity contribution in [1.82, 2.24) is 4.90 Å². The van der Waals surface area contributed by atoms with Gasteiger partial charge in [-0.15, -0.1) is 0 Å². The van der Waals surface area contributed by atoms with Crippen LogP contribution < -0.4 is 4.74 Å². The third kappa shape index (κ3) is 4.09. The quantitative estimate of drug-likeness (QED) is 0.631. The number of hydrogen-bond acceptors (Lipinski definition) is 4. The van der Waals surface area contributed by atoms with E-state index in [1.807, 2.05) is 7.05 Å². The van der Waals surface area contributed by atoms with Crippen LogP contribution in [-0.4, -0.2) is 36.6 Å². The molecule has 0 radical (unpaired) electrons. The maximum atomic E-state index is 12.6. The number of alkyl halides is 3. The molecule has 1 aromatic rings. The highest BCUT2D eigenvalue weighted by Gasteiger charge is 2.33. The van der Waals surface area contributed by atoms with Gasteiger partial charge in [0.25, 0.3) is 0 Å². The molecule has 5 nitrogen and oxygen atoms in total. The van der Waals surface area contributed by atoms with E-state index in [1.54, 1.807) is 0 Å². The summed E-state index contributed by atoms with van der Waals surface area (Å²) < 4.78 is 43.3. The summed E-state index contributed by atoms with van der Waals surface area (Å²) in [6.07, 6.45) is -2.66. The van der Waals surface area contributed by atoms with Crippen molar-refractivity contribution in [3.05, 3.63) is 33.9 Å². The molecule has 0 aliphatic carbocycles. The van der Waals surface area contributed by atoms with Crippen molar-refractivity contribution in [2.45, 2.75) is 19.0 Å². The van der Waals surface area contributed by atoms with Crippen LogP contribution in [0.3, 0.4) is 0 Å².